The van der Waals surface area contributed by atoms with E-state index in [1.165, 1.54) is 89.9 Å². The van der Waals surface area contributed by atoms with Gasteiger partial charge in [0.2, 0.25) is 0 Å². The molecule has 0 N–H and O–H groups in total. The summed E-state index contributed by atoms with van der Waals surface area (Å²) in [7, 11) is 0. The lowest BCUT2D eigenvalue weighted by Crippen LogP contribution is -2.08. The molecule has 0 heterocycles. The summed E-state index contributed by atoms with van der Waals surface area (Å²) in [4.78, 5) is 0. The molecule has 1 saturated carbocycles. The smallest absolute Gasteiger partial charge is 0.0391 e. The van der Waals surface area contributed by atoms with Crippen molar-refractivity contribution >= 4 is 0 Å². The fraction of sp³-hybridized carbons (Fsp3) is 1.00. The zero-order valence-corrected chi connectivity index (χ0v) is 13.1. The van der Waals surface area contributed by atoms with Crippen molar-refractivity contribution in [2.75, 3.05) is 0 Å². The molecule has 0 spiro atoms. The van der Waals surface area contributed by atoms with E-state index in [4.69, 9.17) is 0 Å². The molecule has 1 aliphatic carbocycles. The van der Waals surface area contributed by atoms with Gasteiger partial charge in [0.05, 0.1) is 0 Å². The average Bonchev–Trinajstić information content (AvgIpc) is 2.36. The summed E-state index contributed by atoms with van der Waals surface area (Å²) in [6, 6.07) is 0. The summed E-state index contributed by atoms with van der Waals surface area (Å²) < 4.78 is 0. The van der Waals surface area contributed by atoms with Crippen molar-refractivity contribution in [3.8, 4) is 0 Å². The number of rotatable bonds is 1. The van der Waals surface area contributed by atoms with Crippen LogP contribution < -0.4 is 0 Å². The SMILES string of the molecule is CC(C)C1CCCCCCCCCCCCCC1. The fourth-order valence-electron chi connectivity index (χ4n) is 3.39. The molecule has 0 amide bonds. The second kappa shape index (κ2) is 10.9. The van der Waals surface area contributed by atoms with Gasteiger partial charge in [-0.25, -0.2) is 0 Å². The van der Waals surface area contributed by atoms with Gasteiger partial charge in [0, 0.05) is 0 Å². The van der Waals surface area contributed by atoms with E-state index in [-0.39, 0.29) is 0 Å². The molecule has 108 valence electrons. The molecule has 1 aliphatic rings. The van der Waals surface area contributed by atoms with Crippen molar-refractivity contribution < 1.29 is 0 Å². The van der Waals surface area contributed by atoms with Gasteiger partial charge in [-0.3, -0.25) is 0 Å². The third kappa shape index (κ3) is 8.16. The summed E-state index contributed by atoms with van der Waals surface area (Å²) in [5.41, 5.74) is 0. The first-order chi connectivity index (χ1) is 8.80. The van der Waals surface area contributed by atoms with E-state index in [1.54, 1.807) is 0 Å². The Morgan fingerprint density at radius 3 is 1.06 bits per heavy atom. The monoisotopic (exact) mass is 252 g/mol. The van der Waals surface area contributed by atoms with Crippen molar-refractivity contribution in [3.63, 3.8) is 0 Å². The Hall–Kier alpha value is 0. The third-order valence-corrected chi connectivity index (χ3v) is 4.84. The number of hydrogen-bond donors (Lipinski definition) is 0. The second-order valence-corrected chi connectivity index (χ2v) is 6.82. The van der Waals surface area contributed by atoms with E-state index in [9.17, 15) is 0 Å². The first-order valence-corrected chi connectivity index (χ1v) is 8.80. The van der Waals surface area contributed by atoms with Gasteiger partial charge >= 0.3 is 0 Å². The highest BCUT2D eigenvalue weighted by Crippen LogP contribution is 2.26. The first kappa shape index (κ1) is 16.1. The quantitative estimate of drug-likeness (QED) is 0.485. The minimum Gasteiger partial charge on any atom is -0.0625 e. The standard InChI is InChI=1S/C18H36/c1-17(2)18-15-13-11-9-7-5-3-4-6-8-10-12-14-16-18/h17-18H,3-16H2,1-2H3. The largest absolute Gasteiger partial charge is 0.0625 e. The van der Waals surface area contributed by atoms with Crippen LogP contribution in [-0.2, 0) is 0 Å². The summed E-state index contributed by atoms with van der Waals surface area (Å²) >= 11 is 0. The Bertz CT molecular complexity index is 155. The van der Waals surface area contributed by atoms with Gasteiger partial charge in [-0.05, 0) is 11.8 Å². The van der Waals surface area contributed by atoms with Crippen molar-refractivity contribution in [3.05, 3.63) is 0 Å². The van der Waals surface area contributed by atoms with Crippen LogP contribution in [0.4, 0.5) is 0 Å². The molecule has 0 heteroatoms. The van der Waals surface area contributed by atoms with E-state index >= 15 is 0 Å². The van der Waals surface area contributed by atoms with E-state index < -0.39 is 0 Å². The third-order valence-electron chi connectivity index (χ3n) is 4.84. The topological polar surface area (TPSA) is 0 Å². The Morgan fingerprint density at radius 1 is 0.500 bits per heavy atom. The maximum Gasteiger partial charge on any atom is -0.0391 e. The Balaban J connectivity index is 2.24. The zero-order valence-electron chi connectivity index (χ0n) is 13.1. The molecule has 0 aromatic carbocycles. The minimum absolute atomic E-state index is 0.903. The van der Waals surface area contributed by atoms with Crippen LogP contribution in [0, 0.1) is 11.8 Å². The van der Waals surface area contributed by atoms with Gasteiger partial charge < -0.3 is 0 Å². The van der Waals surface area contributed by atoms with Crippen molar-refractivity contribution in [2.45, 2.75) is 104 Å². The summed E-state index contributed by atoms with van der Waals surface area (Å²) in [6.45, 7) is 4.86. The molecule has 1 fully saturated rings. The highest BCUT2D eigenvalue weighted by molar-refractivity contribution is 4.64. The Kier molecular flexibility index (Phi) is 9.70. The van der Waals surface area contributed by atoms with E-state index in [0.717, 1.165) is 11.8 Å². The van der Waals surface area contributed by atoms with Crippen LogP contribution in [0.15, 0.2) is 0 Å². The van der Waals surface area contributed by atoms with Crippen LogP contribution in [0.1, 0.15) is 104 Å². The normalized spacial score (nSPS) is 23.5. The van der Waals surface area contributed by atoms with Crippen molar-refractivity contribution in [1.82, 2.24) is 0 Å². The van der Waals surface area contributed by atoms with E-state index in [2.05, 4.69) is 13.8 Å². The zero-order chi connectivity index (χ0) is 13.1. The predicted octanol–water partition coefficient (Wildman–Crippen LogP) is 6.73. The van der Waals surface area contributed by atoms with E-state index in [1.807, 2.05) is 0 Å². The molecule has 0 aromatic rings. The molecule has 0 saturated heterocycles. The van der Waals surface area contributed by atoms with Crippen LogP contribution in [0.3, 0.4) is 0 Å². The van der Waals surface area contributed by atoms with Gasteiger partial charge in [-0.2, -0.15) is 0 Å². The molecular formula is C18H36. The molecule has 18 heavy (non-hydrogen) atoms. The predicted molar refractivity (Wildman–Crippen MR) is 83.0 cm³/mol. The molecule has 0 radical (unpaired) electrons. The van der Waals surface area contributed by atoms with Gasteiger partial charge in [-0.15, -0.1) is 0 Å². The van der Waals surface area contributed by atoms with Gasteiger partial charge in [0.15, 0.2) is 0 Å². The van der Waals surface area contributed by atoms with Gasteiger partial charge in [0.25, 0.3) is 0 Å². The molecule has 0 atom stereocenters. The lowest BCUT2D eigenvalue weighted by atomic mass is 9.85. The lowest BCUT2D eigenvalue weighted by molar-refractivity contribution is 0.313. The lowest BCUT2D eigenvalue weighted by Gasteiger charge is -2.20. The van der Waals surface area contributed by atoms with E-state index in [0.29, 0.717) is 0 Å². The average molecular weight is 252 g/mol. The number of hydrogen-bond acceptors (Lipinski definition) is 0. The van der Waals surface area contributed by atoms with Gasteiger partial charge in [-0.1, -0.05) is 104 Å². The molecule has 1 rings (SSSR count). The summed E-state index contributed by atoms with van der Waals surface area (Å²) in [6.07, 6.45) is 20.9. The van der Waals surface area contributed by atoms with Crippen LogP contribution >= 0.6 is 0 Å². The molecule has 0 bridgehead atoms. The highest BCUT2D eigenvalue weighted by Gasteiger charge is 2.12. The van der Waals surface area contributed by atoms with Crippen LogP contribution in [0.25, 0.3) is 0 Å². The molecule has 0 nitrogen and oxygen atoms in total. The summed E-state index contributed by atoms with van der Waals surface area (Å²) in [5, 5.41) is 0. The molecule has 0 aliphatic heterocycles. The van der Waals surface area contributed by atoms with Crippen LogP contribution in [0.5, 0.6) is 0 Å². The fourth-order valence-corrected chi connectivity index (χ4v) is 3.39. The maximum atomic E-state index is 2.43. The Labute approximate surface area is 116 Å². The van der Waals surface area contributed by atoms with Crippen molar-refractivity contribution in [2.24, 2.45) is 11.8 Å². The molecule has 0 unspecified atom stereocenters. The molecular weight excluding hydrogens is 216 g/mol. The first-order valence-electron chi connectivity index (χ1n) is 8.80. The molecule has 0 aromatic heterocycles. The summed E-state index contributed by atoms with van der Waals surface area (Å²) in [5.74, 6) is 1.91. The second-order valence-electron chi connectivity index (χ2n) is 6.82. The Morgan fingerprint density at radius 2 is 0.778 bits per heavy atom. The van der Waals surface area contributed by atoms with Crippen molar-refractivity contribution in [1.29, 1.82) is 0 Å². The van der Waals surface area contributed by atoms with Crippen LogP contribution in [0.2, 0.25) is 0 Å². The van der Waals surface area contributed by atoms with Crippen LogP contribution in [-0.4, -0.2) is 0 Å². The minimum atomic E-state index is 0.903. The highest BCUT2D eigenvalue weighted by atomic mass is 14.2. The maximum absolute atomic E-state index is 2.43. The van der Waals surface area contributed by atoms with Gasteiger partial charge in [0.1, 0.15) is 0 Å².